The van der Waals surface area contributed by atoms with E-state index in [1.165, 1.54) is 30.5 Å². The van der Waals surface area contributed by atoms with Gasteiger partial charge in [-0.2, -0.15) is 9.61 Å². The molecule has 2 fully saturated rings. The van der Waals surface area contributed by atoms with Gasteiger partial charge in [0.2, 0.25) is 0 Å². The molecule has 0 radical (unpaired) electrons. The second-order valence-corrected chi connectivity index (χ2v) is 7.31. The van der Waals surface area contributed by atoms with Gasteiger partial charge < -0.3 is 11.1 Å². The van der Waals surface area contributed by atoms with Crippen molar-refractivity contribution < 1.29 is 0 Å². The van der Waals surface area contributed by atoms with Gasteiger partial charge in [-0.15, -0.1) is 0 Å². The third-order valence-electron chi connectivity index (χ3n) is 5.53. The molecule has 2 heterocycles. The van der Waals surface area contributed by atoms with Crippen molar-refractivity contribution in [2.75, 3.05) is 5.32 Å². The Morgan fingerprint density at radius 3 is 2.83 bits per heavy atom. The van der Waals surface area contributed by atoms with Gasteiger partial charge in [-0.1, -0.05) is 26.2 Å². The highest BCUT2D eigenvalue weighted by Gasteiger charge is 2.24. The Balaban J connectivity index is 1.66. The summed E-state index contributed by atoms with van der Waals surface area (Å²) >= 11 is 0. The normalized spacial score (nSPS) is 25.0. The summed E-state index contributed by atoms with van der Waals surface area (Å²) in [6.07, 6.45) is 11.4. The van der Waals surface area contributed by atoms with E-state index in [2.05, 4.69) is 23.4 Å². The SMILES string of the molecule is CCc1cnn2c(N[C@H]3CC[C@H](N)C3)cc(CC3CCC3)nc12. The van der Waals surface area contributed by atoms with E-state index in [1.54, 1.807) is 0 Å². The first kappa shape index (κ1) is 14.9. The monoisotopic (exact) mass is 313 g/mol. The van der Waals surface area contributed by atoms with E-state index in [0.717, 1.165) is 49.5 Å². The Morgan fingerprint density at radius 2 is 2.17 bits per heavy atom. The van der Waals surface area contributed by atoms with Crippen molar-refractivity contribution in [3.8, 4) is 0 Å². The number of rotatable bonds is 5. The van der Waals surface area contributed by atoms with Crippen molar-refractivity contribution in [2.45, 2.75) is 70.4 Å². The summed E-state index contributed by atoms with van der Waals surface area (Å²) in [6, 6.07) is 3.01. The first-order valence-electron chi connectivity index (χ1n) is 9.11. The Morgan fingerprint density at radius 1 is 1.30 bits per heavy atom. The predicted molar refractivity (Wildman–Crippen MR) is 92.6 cm³/mol. The van der Waals surface area contributed by atoms with Gasteiger partial charge in [0.05, 0.1) is 6.20 Å². The number of nitrogens with zero attached hydrogens (tertiary/aromatic N) is 3. The summed E-state index contributed by atoms with van der Waals surface area (Å²) < 4.78 is 1.98. The molecule has 124 valence electrons. The zero-order chi connectivity index (χ0) is 15.8. The second-order valence-electron chi connectivity index (χ2n) is 7.31. The molecular formula is C18H27N5. The maximum atomic E-state index is 6.06. The highest BCUT2D eigenvalue weighted by atomic mass is 15.3. The molecule has 0 bridgehead atoms. The lowest BCUT2D eigenvalue weighted by Crippen LogP contribution is -2.22. The first-order chi connectivity index (χ1) is 11.2. The predicted octanol–water partition coefficient (Wildman–Crippen LogP) is 2.93. The van der Waals surface area contributed by atoms with Crippen LogP contribution in [0.2, 0.25) is 0 Å². The van der Waals surface area contributed by atoms with Gasteiger partial charge in [-0.3, -0.25) is 0 Å². The van der Waals surface area contributed by atoms with Crippen LogP contribution in [0, 0.1) is 5.92 Å². The minimum absolute atomic E-state index is 0.336. The number of hydrogen-bond acceptors (Lipinski definition) is 4. The highest BCUT2D eigenvalue weighted by molar-refractivity contribution is 5.54. The third kappa shape index (κ3) is 2.94. The number of aromatic nitrogens is 3. The maximum Gasteiger partial charge on any atom is 0.160 e. The molecule has 2 aromatic rings. The Labute approximate surface area is 137 Å². The molecule has 0 saturated heterocycles. The molecule has 0 aromatic carbocycles. The van der Waals surface area contributed by atoms with Crippen molar-refractivity contribution in [1.29, 1.82) is 0 Å². The Kier molecular flexibility index (Phi) is 3.97. The van der Waals surface area contributed by atoms with Crippen LogP contribution in [0.4, 0.5) is 5.82 Å². The molecular weight excluding hydrogens is 286 g/mol. The fourth-order valence-electron chi connectivity index (χ4n) is 3.86. The third-order valence-corrected chi connectivity index (χ3v) is 5.53. The van der Waals surface area contributed by atoms with E-state index in [0.29, 0.717) is 12.1 Å². The van der Waals surface area contributed by atoms with Gasteiger partial charge in [0, 0.05) is 29.4 Å². The quantitative estimate of drug-likeness (QED) is 0.890. The van der Waals surface area contributed by atoms with Crippen LogP contribution in [0.3, 0.4) is 0 Å². The molecule has 2 aromatic heterocycles. The van der Waals surface area contributed by atoms with Crippen LogP contribution >= 0.6 is 0 Å². The summed E-state index contributed by atoms with van der Waals surface area (Å²) in [4.78, 5) is 4.91. The van der Waals surface area contributed by atoms with Gasteiger partial charge in [0.1, 0.15) is 5.82 Å². The lowest BCUT2D eigenvalue weighted by molar-refractivity contribution is 0.312. The molecule has 5 nitrogen and oxygen atoms in total. The second kappa shape index (κ2) is 6.11. The van der Waals surface area contributed by atoms with Crippen molar-refractivity contribution in [3.63, 3.8) is 0 Å². The molecule has 0 amide bonds. The highest BCUT2D eigenvalue weighted by Crippen LogP contribution is 2.31. The summed E-state index contributed by atoms with van der Waals surface area (Å²) in [6.45, 7) is 2.17. The van der Waals surface area contributed by atoms with Crippen molar-refractivity contribution >= 4 is 11.5 Å². The molecule has 2 saturated carbocycles. The molecule has 0 aliphatic heterocycles. The Bertz CT molecular complexity index is 688. The number of aryl methyl sites for hydroxylation is 1. The largest absolute Gasteiger partial charge is 0.367 e. The molecule has 3 N–H and O–H groups in total. The summed E-state index contributed by atoms with van der Waals surface area (Å²) in [7, 11) is 0. The van der Waals surface area contributed by atoms with Crippen molar-refractivity contribution in [3.05, 3.63) is 23.5 Å². The summed E-state index contributed by atoms with van der Waals surface area (Å²) in [5.74, 6) is 1.91. The average molecular weight is 313 g/mol. The van der Waals surface area contributed by atoms with E-state index >= 15 is 0 Å². The van der Waals surface area contributed by atoms with Crippen LogP contribution in [0.15, 0.2) is 12.3 Å². The zero-order valence-corrected chi connectivity index (χ0v) is 14.0. The topological polar surface area (TPSA) is 68.2 Å². The minimum Gasteiger partial charge on any atom is -0.367 e. The van der Waals surface area contributed by atoms with E-state index in [1.807, 2.05) is 10.7 Å². The van der Waals surface area contributed by atoms with Crippen LogP contribution in [-0.2, 0) is 12.8 Å². The molecule has 5 heteroatoms. The van der Waals surface area contributed by atoms with Crippen LogP contribution in [0.1, 0.15) is 56.7 Å². The Hall–Kier alpha value is -1.62. The number of nitrogens with two attached hydrogens (primary N) is 1. The minimum atomic E-state index is 0.336. The van der Waals surface area contributed by atoms with E-state index in [4.69, 9.17) is 10.7 Å². The number of fused-ring (bicyclic) bond motifs is 1. The van der Waals surface area contributed by atoms with Crippen LogP contribution in [0.5, 0.6) is 0 Å². The number of anilines is 1. The number of nitrogens with one attached hydrogen (secondary N) is 1. The summed E-state index contributed by atoms with van der Waals surface area (Å²) in [5.41, 5.74) is 9.52. The fraction of sp³-hybridized carbons (Fsp3) is 0.667. The maximum absolute atomic E-state index is 6.06. The van der Waals surface area contributed by atoms with Gasteiger partial charge in [0.15, 0.2) is 5.65 Å². The molecule has 23 heavy (non-hydrogen) atoms. The zero-order valence-electron chi connectivity index (χ0n) is 14.0. The van der Waals surface area contributed by atoms with Crippen LogP contribution < -0.4 is 11.1 Å². The van der Waals surface area contributed by atoms with E-state index < -0.39 is 0 Å². The van der Waals surface area contributed by atoms with E-state index in [9.17, 15) is 0 Å². The lowest BCUT2D eigenvalue weighted by Gasteiger charge is -2.25. The van der Waals surface area contributed by atoms with Gasteiger partial charge in [0.25, 0.3) is 0 Å². The van der Waals surface area contributed by atoms with Gasteiger partial charge in [-0.25, -0.2) is 4.98 Å². The molecule has 2 atom stereocenters. The fourth-order valence-corrected chi connectivity index (χ4v) is 3.86. The van der Waals surface area contributed by atoms with Gasteiger partial charge in [-0.05, 0) is 38.0 Å². The molecule has 0 spiro atoms. The summed E-state index contributed by atoms with van der Waals surface area (Å²) in [5, 5.41) is 8.25. The smallest absolute Gasteiger partial charge is 0.160 e. The molecule has 0 unspecified atom stereocenters. The van der Waals surface area contributed by atoms with Gasteiger partial charge >= 0.3 is 0 Å². The average Bonchev–Trinajstić information content (AvgIpc) is 3.09. The standard InChI is InChI=1S/C18H27N5/c1-2-13-11-20-23-17(21-15-7-6-14(19)9-15)10-16(22-18(13)23)8-12-4-3-5-12/h10-12,14-15,21H,2-9,19H2,1H3/t14-,15-/m0/s1. The number of hydrogen-bond donors (Lipinski definition) is 2. The van der Waals surface area contributed by atoms with Crippen LogP contribution in [0.25, 0.3) is 5.65 Å². The molecule has 4 rings (SSSR count). The lowest BCUT2D eigenvalue weighted by atomic mass is 9.82. The van der Waals surface area contributed by atoms with Crippen molar-refractivity contribution in [2.24, 2.45) is 11.7 Å². The van der Waals surface area contributed by atoms with Crippen molar-refractivity contribution in [1.82, 2.24) is 14.6 Å². The van der Waals surface area contributed by atoms with E-state index in [-0.39, 0.29) is 0 Å². The molecule has 2 aliphatic carbocycles. The molecule has 2 aliphatic rings. The first-order valence-corrected chi connectivity index (χ1v) is 9.11. The van der Waals surface area contributed by atoms with Crippen LogP contribution in [-0.4, -0.2) is 26.7 Å².